The lowest BCUT2D eigenvalue weighted by Gasteiger charge is -2.18. The van der Waals surface area contributed by atoms with Gasteiger partial charge >= 0.3 is 0 Å². The molecular weight excluding hydrogens is 428 g/mol. The second-order valence-corrected chi connectivity index (χ2v) is 8.35. The van der Waals surface area contributed by atoms with Crippen LogP contribution < -0.4 is 14.8 Å². The van der Waals surface area contributed by atoms with Crippen molar-refractivity contribution in [3.05, 3.63) is 53.1 Å². The molecule has 0 radical (unpaired) electrons. The lowest BCUT2D eigenvalue weighted by atomic mass is 10.1. The van der Waals surface area contributed by atoms with Crippen molar-refractivity contribution in [1.82, 2.24) is 9.97 Å². The van der Waals surface area contributed by atoms with Crippen molar-refractivity contribution in [2.24, 2.45) is 5.92 Å². The van der Waals surface area contributed by atoms with Crippen LogP contribution in [0.5, 0.6) is 11.5 Å². The Hall–Kier alpha value is -3.00. The standard InChI is InChI=1S/C25H29F2N3O3/c1-14(26)18-7-5-6-17(24(18)27)12-28-25-19-10-22(33-13-23(32-4)16-8-9-16)21(31-3)11-20(19)29-15(2)30-25/h5-7,10-11,14,16,23H,8-9,12-13H2,1-4H3,(H,28,29,30). The first-order valence-corrected chi connectivity index (χ1v) is 11.1. The predicted molar refractivity (Wildman–Crippen MR) is 123 cm³/mol. The molecule has 176 valence electrons. The van der Waals surface area contributed by atoms with Crippen molar-refractivity contribution >= 4 is 16.7 Å². The molecule has 1 N–H and O–H groups in total. The van der Waals surface area contributed by atoms with Gasteiger partial charge in [0.1, 0.15) is 30.2 Å². The second kappa shape index (κ2) is 9.87. The Morgan fingerprint density at radius 1 is 1.15 bits per heavy atom. The molecule has 0 aliphatic heterocycles. The smallest absolute Gasteiger partial charge is 0.162 e. The summed E-state index contributed by atoms with van der Waals surface area (Å²) in [5.74, 6) is 2.19. The minimum absolute atomic E-state index is 0.0328. The summed E-state index contributed by atoms with van der Waals surface area (Å²) in [6.45, 7) is 3.67. The molecular formula is C25H29F2N3O3. The fourth-order valence-electron chi connectivity index (χ4n) is 3.92. The fourth-order valence-corrected chi connectivity index (χ4v) is 3.92. The van der Waals surface area contributed by atoms with Gasteiger partial charge in [-0.3, -0.25) is 0 Å². The Morgan fingerprint density at radius 2 is 1.94 bits per heavy atom. The van der Waals surface area contributed by atoms with Gasteiger partial charge in [0.05, 0.1) is 18.7 Å². The van der Waals surface area contributed by atoms with Crippen LogP contribution in [0.3, 0.4) is 0 Å². The van der Waals surface area contributed by atoms with Crippen LogP contribution in [0, 0.1) is 18.7 Å². The summed E-state index contributed by atoms with van der Waals surface area (Å²) in [4.78, 5) is 9.02. The van der Waals surface area contributed by atoms with Gasteiger partial charge in [-0.15, -0.1) is 0 Å². The number of aryl methyl sites for hydroxylation is 1. The topological polar surface area (TPSA) is 65.5 Å². The number of hydrogen-bond donors (Lipinski definition) is 1. The molecule has 1 aliphatic carbocycles. The van der Waals surface area contributed by atoms with Crippen LogP contribution in [0.15, 0.2) is 30.3 Å². The molecule has 1 aromatic heterocycles. The van der Waals surface area contributed by atoms with E-state index in [1.807, 2.05) is 6.07 Å². The SMILES string of the molecule is COc1cc2nc(C)nc(NCc3cccc(C(C)F)c3F)c2cc1OCC(OC)C1CC1. The van der Waals surface area contributed by atoms with E-state index in [0.29, 0.717) is 52.1 Å². The average Bonchev–Trinajstić information content (AvgIpc) is 3.63. The molecule has 1 fully saturated rings. The van der Waals surface area contributed by atoms with Crippen LogP contribution >= 0.6 is 0 Å². The first kappa shape index (κ1) is 23.2. The van der Waals surface area contributed by atoms with E-state index < -0.39 is 12.0 Å². The van der Waals surface area contributed by atoms with Crippen LogP contribution in [0.1, 0.15) is 42.9 Å². The van der Waals surface area contributed by atoms with Crippen molar-refractivity contribution in [2.75, 3.05) is 26.1 Å². The lowest BCUT2D eigenvalue weighted by molar-refractivity contribution is 0.0418. The molecule has 8 heteroatoms. The van der Waals surface area contributed by atoms with Gasteiger partial charge in [0.25, 0.3) is 0 Å². The summed E-state index contributed by atoms with van der Waals surface area (Å²) in [7, 11) is 3.28. The fraction of sp³-hybridized carbons (Fsp3) is 0.440. The molecule has 1 saturated carbocycles. The zero-order chi connectivity index (χ0) is 23.5. The Balaban J connectivity index is 1.63. The van der Waals surface area contributed by atoms with Gasteiger partial charge in [0.15, 0.2) is 11.5 Å². The summed E-state index contributed by atoms with van der Waals surface area (Å²) < 4.78 is 45.6. The number of methoxy groups -OCH3 is 2. The highest BCUT2D eigenvalue weighted by atomic mass is 19.1. The van der Waals surface area contributed by atoms with Gasteiger partial charge in [-0.05, 0) is 38.7 Å². The van der Waals surface area contributed by atoms with Gasteiger partial charge in [0.2, 0.25) is 0 Å². The maximum absolute atomic E-state index is 14.7. The van der Waals surface area contributed by atoms with Crippen LogP contribution in [0.25, 0.3) is 10.9 Å². The van der Waals surface area contributed by atoms with E-state index in [-0.39, 0.29) is 18.2 Å². The molecule has 1 heterocycles. The first-order chi connectivity index (χ1) is 15.9. The van der Waals surface area contributed by atoms with Crippen LogP contribution in [0.4, 0.5) is 14.6 Å². The normalized spacial score (nSPS) is 15.3. The number of nitrogens with one attached hydrogen (secondary N) is 1. The van der Waals surface area contributed by atoms with Gasteiger partial charge in [-0.1, -0.05) is 18.2 Å². The highest BCUT2D eigenvalue weighted by molar-refractivity contribution is 5.91. The van der Waals surface area contributed by atoms with Crippen molar-refractivity contribution < 1.29 is 23.0 Å². The Kier molecular flexibility index (Phi) is 6.93. The summed E-state index contributed by atoms with van der Waals surface area (Å²) in [5, 5.41) is 3.90. The molecule has 3 aromatic rings. The Bertz CT molecular complexity index is 1140. The van der Waals surface area contributed by atoms with E-state index in [9.17, 15) is 8.78 Å². The summed E-state index contributed by atoms with van der Waals surface area (Å²) in [6, 6.07) is 8.36. The number of fused-ring (bicyclic) bond motifs is 1. The quantitative estimate of drug-likeness (QED) is 0.432. The molecule has 6 nitrogen and oxygen atoms in total. The maximum Gasteiger partial charge on any atom is 0.162 e. The number of halogens is 2. The van der Waals surface area contributed by atoms with E-state index in [1.54, 1.807) is 39.3 Å². The van der Waals surface area contributed by atoms with Crippen molar-refractivity contribution in [3.63, 3.8) is 0 Å². The van der Waals surface area contributed by atoms with E-state index in [0.717, 1.165) is 12.8 Å². The number of alkyl halides is 1. The van der Waals surface area contributed by atoms with Gasteiger partial charge < -0.3 is 19.5 Å². The maximum atomic E-state index is 14.7. The molecule has 4 rings (SSSR count). The predicted octanol–water partition coefficient (Wildman–Crippen LogP) is 5.53. The second-order valence-electron chi connectivity index (χ2n) is 8.35. The molecule has 33 heavy (non-hydrogen) atoms. The Morgan fingerprint density at radius 3 is 2.61 bits per heavy atom. The van der Waals surface area contributed by atoms with E-state index in [1.165, 1.54) is 13.0 Å². The van der Waals surface area contributed by atoms with Gasteiger partial charge in [0, 0.05) is 36.2 Å². The summed E-state index contributed by atoms with van der Waals surface area (Å²) >= 11 is 0. The Labute approximate surface area is 192 Å². The number of hydrogen-bond acceptors (Lipinski definition) is 6. The first-order valence-electron chi connectivity index (χ1n) is 11.1. The molecule has 0 spiro atoms. The molecule has 0 bridgehead atoms. The zero-order valence-corrected chi connectivity index (χ0v) is 19.3. The molecule has 0 amide bonds. The highest BCUT2D eigenvalue weighted by Crippen LogP contribution is 2.37. The monoisotopic (exact) mass is 457 g/mol. The molecule has 2 unspecified atom stereocenters. The largest absolute Gasteiger partial charge is 0.493 e. The summed E-state index contributed by atoms with van der Waals surface area (Å²) in [5.41, 5.74) is 1.08. The van der Waals surface area contributed by atoms with Crippen molar-refractivity contribution in [1.29, 1.82) is 0 Å². The number of ether oxygens (including phenoxy) is 3. The summed E-state index contributed by atoms with van der Waals surface area (Å²) in [6.07, 6.45) is 0.949. The lowest BCUT2D eigenvalue weighted by Crippen LogP contribution is -2.22. The molecule has 0 saturated heterocycles. The van der Waals surface area contributed by atoms with Crippen molar-refractivity contribution in [2.45, 2.75) is 45.5 Å². The molecule has 2 aromatic carbocycles. The third-order valence-corrected chi connectivity index (χ3v) is 5.93. The van der Waals surface area contributed by atoms with E-state index >= 15 is 0 Å². The third-order valence-electron chi connectivity index (χ3n) is 5.93. The van der Waals surface area contributed by atoms with Crippen LogP contribution in [-0.2, 0) is 11.3 Å². The van der Waals surface area contributed by atoms with E-state index in [4.69, 9.17) is 14.2 Å². The minimum Gasteiger partial charge on any atom is -0.493 e. The van der Waals surface area contributed by atoms with E-state index in [2.05, 4.69) is 15.3 Å². The number of benzene rings is 2. The van der Waals surface area contributed by atoms with Crippen molar-refractivity contribution in [3.8, 4) is 11.5 Å². The van der Waals surface area contributed by atoms with Crippen LogP contribution in [0.2, 0.25) is 0 Å². The number of nitrogens with zero attached hydrogens (tertiary/aromatic N) is 2. The highest BCUT2D eigenvalue weighted by Gasteiger charge is 2.32. The van der Waals surface area contributed by atoms with Crippen LogP contribution in [-0.4, -0.2) is 36.9 Å². The van der Waals surface area contributed by atoms with Gasteiger partial charge in [-0.25, -0.2) is 18.7 Å². The molecule has 2 atom stereocenters. The number of rotatable bonds is 10. The average molecular weight is 458 g/mol. The third kappa shape index (κ3) is 5.16. The zero-order valence-electron chi connectivity index (χ0n) is 19.3. The van der Waals surface area contributed by atoms with Gasteiger partial charge in [-0.2, -0.15) is 0 Å². The number of anilines is 1. The molecule has 1 aliphatic rings. The number of aromatic nitrogens is 2. The minimum atomic E-state index is -1.38.